The smallest absolute Gasteiger partial charge is 0.160 e. The number of hydrogen-bond donors (Lipinski definition) is 0. The van der Waals surface area contributed by atoms with E-state index in [1.54, 1.807) is 0 Å². The van der Waals surface area contributed by atoms with E-state index >= 15 is 0 Å². The molecule has 60 heavy (non-hydrogen) atoms. The van der Waals surface area contributed by atoms with Crippen molar-refractivity contribution >= 4 is 53.1 Å². The van der Waals surface area contributed by atoms with Crippen molar-refractivity contribution in [2.75, 3.05) is 0 Å². The molecule has 1 aliphatic rings. The first-order chi connectivity index (χ1) is 29.5. The Morgan fingerprint density at radius 3 is 1.80 bits per heavy atom. The molecule has 0 bridgehead atoms. The SMILES string of the molecule is CC1(C)c2cccc(-c3cccc(-c4ccc(-c5cc(-c6cccc7sc8ccccc8c67)nc(-c6ccccc6)n5)c5ccccc45)c3)c2-c2c1ccc1ccccc21. The van der Waals surface area contributed by atoms with Gasteiger partial charge in [-0.25, -0.2) is 9.97 Å². The van der Waals surface area contributed by atoms with Crippen LogP contribution in [0.25, 0.3) is 109 Å². The number of rotatable bonds is 5. The molecule has 1 aliphatic carbocycles. The van der Waals surface area contributed by atoms with Gasteiger partial charge in [0.15, 0.2) is 5.82 Å². The molecule has 12 rings (SSSR count). The molecule has 3 heteroatoms. The predicted molar refractivity (Wildman–Crippen MR) is 255 cm³/mol. The molecule has 9 aromatic carbocycles. The van der Waals surface area contributed by atoms with Crippen molar-refractivity contribution in [1.29, 1.82) is 0 Å². The van der Waals surface area contributed by atoms with Crippen LogP contribution in [0.4, 0.5) is 0 Å². The van der Waals surface area contributed by atoms with Crippen molar-refractivity contribution in [1.82, 2.24) is 9.97 Å². The summed E-state index contributed by atoms with van der Waals surface area (Å²) in [6, 6.07) is 70.6. The zero-order valence-electron chi connectivity index (χ0n) is 33.3. The topological polar surface area (TPSA) is 25.8 Å². The van der Waals surface area contributed by atoms with E-state index in [2.05, 4.69) is 202 Å². The lowest BCUT2D eigenvalue weighted by Gasteiger charge is -2.21. The van der Waals surface area contributed by atoms with Gasteiger partial charge in [0, 0.05) is 42.3 Å². The van der Waals surface area contributed by atoms with Gasteiger partial charge in [0.05, 0.1) is 11.4 Å². The number of thiophene rings is 1. The van der Waals surface area contributed by atoms with Gasteiger partial charge < -0.3 is 0 Å². The Kier molecular flexibility index (Phi) is 7.79. The molecule has 2 heterocycles. The van der Waals surface area contributed by atoms with Gasteiger partial charge in [-0.3, -0.25) is 0 Å². The average molecular weight is 783 g/mol. The largest absolute Gasteiger partial charge is 0.228 e. The maximum atomic E-state index is 5.31. The second-order valence-electron chi connectivity index (χ2n) is 16.5. The summed E-state index contributed by atoms with van der Waals surface area (Å²) in [6.45, 7) is 4.74. The highest BCUT2D eigenvalue weighted by atomic mass is 32.1. The Balaban J connectivity index is 1.03. The molecule has 0 unspecified atom stereocenters. The van der Waals surface area contributed by atoms with Crippen LogP contribution in [0.1, 0.15) is 25.0 Å². The van der Waals surface area contributed by atoms with E-state index in [1.807, 2.05) is 17.4 Å². The first-order valence-electron chi connectivity index (χ1n) is 20.7. The number of aromatic nitrogens is 2. The van der Waals surface area contributed by atoms with E-state index in [0.29, 0.717) is 5.82 Å². The molecule has 0 amide bonds. The summed E-state index contributed by atoms with van der Waals surface area (Å²) in [5.41, 5.74) is 15.3. The Hall–Kier alpha value is -7.20. The standard InChI is InChI=1S/C57H38N2S/c1-57(2)47-26-13-24-41(55(47)54-40-20-7-6-15-35(40)29-32-48(54)57)38-19-12-18-37(33-38)39-30-31-44(43-22-9-8-21-42(39)43)49-34-50(59-56(58-49)36-16-4-3-5-17-36)45-25-14-28-52-53(45)46-23-10-11-27-51(46)60-52/h3-34H,1-2H3. The van der Waals surface area contributed by atoms with Gasteiger partial charge in [-0.05, 0) is 90.3 Å². The number of fused-ring (bicyclic) bond motifs is 9. The maximum absolute atomic E-state index is 5.31. The minimum atomic E-state index is -0.0976. The summed E-state index contributed by atoms with van der Waals surface area (Å²) in [6.07, 6.45) is 0. The molecular weight excluding hydrogens is 745 g/mol. The third kappa shape index (κ3) is 5.33. The molecule has 0 saturated carbocycles. The van der Waals surface area contributed by atoms with Gasteiger partial charge in [-0.2, -0.15) is 0 Å². The first kappa shape index (κ1) is 34.8. The van der Waals surface area contributed by atoms with E-state index in [4.69, 9.17) is 9.97 Å². The Morgan fingerprint density at radius 1 is 0.383 bits per heavy atom. The molecule has 0 N–H and O–H groups in total. The third-order valence-electron chi connectivity index (χ3n) is 12.7. The first-order valence-corrected chi connectivity index (χ1v) is 21.5. The van der Waals surface area contributed by atoms with Crippen molar-refractivity contribution < 1.29 is 0 Å². The van der Waals surface area contributed by atoms with Crippen LogP contribution in [-0.4, -0.2) is 9.97 Å². The quantitative estimate of drug-likeness (QED) is 0.174. The molecule has 0 radical (unpaired) electrons. The molecule has 2 aromatic heterocycles. The minimum absolute atomic E-state index is 0.0976. The third-order valence-corrected chi connectivity index (χ3v) is 13.8. The number of hydrogen-bond acceptors (Lipinski definition) is 3. The lowest BCUT2D eigenvalue weighted by molar-refractivity contribution is 0.661. The van der Waals surface area contributed by atoms with Gasteiger partial charge in [-0.15, -0.1) is 11.3 Å². The van der Waals surface area contributed by atoms with Crippen LogP contribution >= 0.6 is 11.3 Å². The molecular formula is C57H38N2S. The van der Waals surface area contributed by atoms with Crippen LogP contribution in [0, 0.1) is 0 Å². The van der Waals surface area contributed by atoms with Crippen molar-refractivity contribution in [2.24, 2.45) is 0 Å². The van der Waals surface area contributed by atoms with Crippen molar-refractivity contribution in [3.05, 3.63) is 205 Å². The van der Waals surface area contributed by atoms with E-state index in [1.165, 1.54) is 80.8 Å². The van der Waals surface area contributed by atoms with Gasteiger partial charge >= 0.3 is 0 Å². The van der Waals surface area contributed by atoms with Gasteiger partial charge in [0.25, 0.3) is 0 Å². The number of nitrogens with zero attached hydrogens (tertiary/aromatic N) is 2. The highest BCUT2D eigenvalue weighted by Crippen LogP contribution is 2.54. The fraction of sp³-hybridized carbons (Fsp3) is 0.0526. The zero-order valence-corrected chi connectivity index (χ0v) is 34.1. The van der Waals surface area contributed by atoms with Crippen LogP contribution in [-0.2, 0) is 5.41 Å². The molecule has 0 spiro atoms. The summed E-state index contributed by atoms with van der Waals surface area (Å²) in [5, 5.41) is 7.44. The van der Waals surface area contributed by atoms with E-state index in [0.717, 1.165) is 33.5 Å². The second-order valence-corrected chi connectivity index (χ2v) is 17.5. The van der Waals surface area contributed by atoms with Crippen LogP contribution in [0.3, 0.4) is 0 Å². The summed E-state index contributed by atoms with van der Waals surface area (Å²) in [7, 11) is 0. The van der Waals surface area contributed by atoms with Gasteiger partial charge in [-0.1, -0.05) is 184 Å². The molecule has 2 nitrogen and oxygen atoms in total. The monoisotopic (exact) mass is 782 g/mol. The van der Waals surface area contributed by atoms with Crippen LogP contribution < -0.4 is 0 Å². The number of benzene rings is 9. The van der Waals surface area contributed by atoms with Crippen molar-refractivity contribution in [3.8, 4) is 67.3 Å². The predicted octanol–water partition coefficient (Wildman–Crippen LogP) is 15.8. The Labute approximate surface area is 353 Å². The normalized spacial score (nSPS) is 13.0. The van der Waals surface area contributed by atoms with E-state index in [-0.39, 0.29) is 5.41 Å². The Morgan fingerprint density at radius 2 is 0.967 bits per heavy atom. The van der Waals surface area contributed by atoms with Crippen molar-refractivity contribution in [3.63, 3.8) is 0 Å². The molecule has 0 atom stereocenters. The van der Waals surface area contributed by atoms with Crippen LogP contribution in [0.15, 0.2) is 194 Å². The lowest BCUT2D eigenvalue weighted by Crippen LogP contribution is -2.14. The molecule has 0 aliphatic heterocycles. The molecule has 0 fully saturated rings. The molecule has 0 saturated heterocycles. The zero-order chi connectivity index (χ0) is 40.0. The summed E-state index contributed by atoms with van der Waals surface area (Å²) in [4.78, 5) is 10.6. The minimum Gasteiger partial charge on any atom is -0.228 e. The molecule has 11 aromatic rings. The van der Waals surface area contributed by atoms with Crippen molar-refractivity contribution in [2.45, 2.75) is 19.3 Å². The highest BCUT2D eigenvalue weighted by Gasteiger charge is 2.37. The lowest BCUT2D eigenvalue weighted by atomic mass is 9.81. The molecule has 282 valence electrons. The fourth-order valence-corrected chi connectivity index (χ4v) is 11.0. The summed E-state index contributed by atoms with van der Waals surface area (Å²) >= 11 is 1.83. The average Bonchev–Trinajstić information content (AvgIpc) is 3.81. The fourth-order valence-electron chi connectivity index (χ4n) is 9.85. The van der Waals surface area contributed by atoms with E-state index in [9.17, 15) is 0 Å². The summed E-state index contributed by atoms with van der Waals surface area (Å²) < 4.78 is 2.54. The van der Waals surface area contributed by atoms with E-state index < -0.39 is 0 Å². The van der Waals surface area contributed by atoms with Crippen LogP contribution in [0.5, 0.6) is 0 Å². The Bertz CT molecular complexity index is 3520. The van der Waals surface area contributed by atoms with Crippen LogP contribution in [0.2, 0.25) is 0 Å². The highest BCUT2D eigenvalue weighted by molar-refractivity contribution is 7.25. The van der Waals surface area contributed by atoms with Gasteiger partial charge in [0.2, 0.25) is 0 Å². The maximum Gasteiger partial charge on any atom is 0.160 e. The summed E-state index contributed by atoms with van der Waals surface area (Å²) in [5.74, 6) is 0.716. The second kappa shape index (κ2) is 13.4. The van der Waals surface area contributed by atoms with Gasteiger partial charge in [0.1, 0.15) is 0 Å².